The van der Waals surface area contributed by atoms with Gasteiger partial charge in [0.1, 0.15) is 17.2 Å². The summed E-state index contributed by atoms with van der Waals surface area (Å²) < 4.78 is 19.4. The first-order valence-electron chi connectivity index (χ1n) is 6.76. The Hall–Kier alpha value is -1.25. The lowest BCUT2D eigenvalue weighted by Crippen LogP contribution is -2.24. The monoisotopic (exact) mass is 324 g/mol. The molecule has 0 radical (unpaired) electrons. The van der Waals surface area contributed by atoms with Crippen molar-refractivity contribution in [3.05, 3.63) is 63.9 Å². The average molecular weight is 325 g/mol. The van der Waals surface area contributed by atoms with Crippen molar-refractivity contribution in [1.29, 1.82) is 0 Å². The van der Waals surface area contributed by atoms with Gasteiger partial charge in [-0.15, -0.1) is 11.6 Å². The summed E-state index contributed by atoms with van der Waals surface area (Å²) >= 11 is 12.2. The first kappa shape index (κ1) is 14.7. The number of hydrogen-bond donors (Lipinski definition) is 0. The Balaban J connectivity index is 1.93. The standard InChI is InChI=1S/C17H15Cl2FO/c1-17(2)9-12-7-10(4-6-15(12)21-17)16(19)11-3-5-13(18)14(20)8-11/h3-8,16H,9H2,1-2H3. The molecule has 4 heteroatoms. The Labute approximate surface area is 133 Å². The molecule has 0 spiro atoms. The van der Waals surface area contributed by atoms with Crippen molar-refractivity contribution >= 4 is 23.2 Å². The second kappa shape index (κ2) is 5.19. The summed E-state index contributed by atoms with van der Waals surface area (Å²) in [7, 11) is 0. The summed E-state index contributed by atoms with van der Waals surface area (Å²) in [5.41, 5.74) is 2.57. The third kappa shape index (κ3) is 2.88. The van der Waals surface area contributed by atoms with Crippen molar-refractivity contribution < 1.29 is 9.13 Å². The number of rotatable bonds is 2. The van der Waals surface area contributed by atoms with Gasteiger partial charge in [-0.25, -0.2) is 4.39 Å². The van der Waals surface area contributed by atoms with Crippen molar-refractivity contribution in [3.8, 4) is 5.75 Å². The highest BCUT2D eigenvalue weighted by Gasteiger charge is 2.30. The zero-order valence-electron chi connectivity index (χ0n) is 11.8. The van der Waals surface area contributed by atoms with Gasteiger partial charge in [0.15, 0.2) is 0 Å². The summed E-state index contributed by atoms with van der Waals surface area (Å²) in [5, 5.41) is -0.308. The van der Waals surface area contributed by atoms with Gasteiger partial charge in [0.2, 0.25) is 0 Å². The molecule has 0 fully saturated rings. The predicted molar refractivity (Wildman–Crippen MR) is 84.0 cm³/mol. The summed E-state index contributed by atoms with van der Waals surface area (Å²) in [6.07, 6.45) is 0.842. The lowest BCUT2D eigenvalue weighted by atomic mass is 9.97. The van der Waals surface area contributed by atoms with E-state index in [0.717, 1.165) is 23.3 Å². The molecular weight excluding hydrogens is 310 g/mol. The lowest BCUT2D eigenvalue weighted by molar-refractivity contribution is 0.138. The third-order valence-corrected chi connectivity index (χ3v) is 4.43. The van der Waals surface area contributed by atoms with Crippen LogP contribution in [0.15, 0.2) is 36.4 Å². The third-order valence-electron chi connectivity index (χ3n) is 3.62. The van der Waals surface area contributed by atoms with E-state index in [1.54, 1.807) is 6.07 Å². The SMILES string of the molecule is CC1(C)Cc2cc(C(Cl)c3ccc(Cl)c(F)c3)ccc2O1. The molecule has 0 saturated heterocycles. The number of fused-ring (bicyclic) bond motifs is 1. The normalized spacial score (nSPS) is 17.2. The molecule has 1 aliphatic heterocycles. The summed E-state index contributed by atoms with van der Waals surface area (Å²) in [4.78, 5) is 0. The largest absolute Gasteiger partial charge is 0.487 e. The van der Waals surface area contributed by atoms with Crippen LogP contribution in [-0.4, -0.2) is 5.60 Å². The van der Waals surface area contributed by atoms with E-state index in [2.05, 4.69) is 13.8 Å². The predicted octanol–water partition coefficient (Wildman–Crippen LogP) is 5.52. The number of halogens is 3. The van der Waals surface area contributed by atoms with E-state index in [1.807, 2.05) is 18.2 Å². The quantitative estimate of drug-likeness (QED) is 0.661. The van der Waals surface area contributed by atoms with Crippen LogP contribution in [0.25, 0.3) is 0 Å². The summed E-state index contributed by atoms with van der Waals surface area (Å²) in [6.45, 7) is 4.11. The second-order valence-corrected chi connectivity index (χ2v) is 6.79. The Morgan fingerprint density at radius 2 is 1.81 bits per heavy atom. The van der Waals surface area contributed by atoms with Gasteiger partial charge in [-0.2, -0.15) is 0 Å². The van der Waals surface area contributed by atoms with Gasteiger partial charge >= 0.3 is 0 Å². The molecule has 110 valence electrons. The van der Waals surface area contributed by atoms with Crippen LogP contribution in [0.5, 0.6) is 5.75 Å². The average Bonchev–Trinajstić information content (AvgIpc) is 2.73. The first-order valence-corrected chi connectivity index (χ1v) is 7.58. The van der Waals surface area contributed by atoms with E-state index in [-0.39, 0.29) is 10.6 Å². The van der Waals surface area contributed by atoms with Gasteiger partial charge in [-0.1, -0.05) is 29.8 Å². The van der Waals surface area contributed by atoms with E-state index in [0.29, 0.717) is 5.56 Å². The Kier molecular flexibility index (Phi) is 3.62. The molecule has 21 heavy (non-hydrogen) atoms. The molecule has 0 bridgehead atoms. The van der Waals surface area contributed by atoms with E-state index >= 15 is 0 Å². The van der Waals surface area contributed by atoms with E-state index in [9.17, 15) is 4.39 Å². The van der Waals surface area contributed by atoms with Crippen molar-refractivity contribution in [2.75, 3.05) is 0 Å². The van der Waals surface area contributed by atoms with Crippen molar-refractivity contribution in [2.45, 2.75) is 31.2 Å². The highest BCUT2D eigenvalue weighted by Crippen LogP contribution is 2.38. The van der Waals surface area contributed by atoms with Crippen LogP contribution in [0.1, 0.15) is 35.9 Å². The van der Waals surface area contributed by atoms with Crippen molar-refractivity contribution in [2.24, 2.45) is 0 Å². The van der Waals surface area contributed by atoms with Crippen LogP contribution < -0.4 is 4.74 Å². The second-order valence-electron chi connectivity index (χ2n) is 5.94. The molecule has 3 rings (SSSR count). The number of hydrogen-bond acceptors (Lipinski definition) is 1. The Morgan fingerprint density at radius 1 is 1.14 bits per heavy atom. The van der Waals surface area contributed by atoms with Gasteiger partial charge in [0.05, 0.1) is 10.4 Å². The molecule has 1 heterocycles. The maximum atomic E-state index is 13.6. The van der Waals surface area contributed by atoms with Gasteiger partial charge in [-0.05, 0) is 48.7 Å². The minimum absolute atomic E-state index is 0.103. The molecular formula is C17H15Cl2FO. The molecule has 2 aromatic carbocycles. The lowest BCUT2D eigenvalue weighted by Gasteiger charge is -2.16. The number of benzene rings is 2. The van der Waals surface area contributed by atoms with Crippen LogP contribution in [0.3, 0.4) is 0 Å². The molecule has 0 aromatic heterocycles. The van der Waals surface area contributed by atoms with Crippen LogP contribution in [-0.2, 0) is 6.42 Å². The fourth-order valence-corrected chi connectivity index (χ4v) is 3.04. The zero-order chi connectivity index (χ0) is 15.2. The highest BCUT2D eigenvalue weighted by molar-refractivity contribution is 6.30. The molecule has 0 aliphatic carbocycles. The first-order chi connectivity index (χ1) is 9.85. The van der Waals surface area contributed by atoms with Crippen LogP contribution >= 0.6 is 23.2 Å². The molecule has 0 N–H and O–H groups in total. The van der Waals surface area contributed by atoms with Crippen LogP contribution in [0.4, 0.5) is 4.39 Å². The summed E-state index contributed by atoms with van der Waals surface area (Å²) in [5.74, 6) is 0.445. The van der Waals surface area contributed by atoms with Gasteiger partial charge in [-0.3, -0.25) is 0 Å². The fraction of sp³-hybridized carbons (Fsp3) is 0.294. The highest BCUT2D eigenvalue weighted by atomic mass is 35.5. The number of alkyl halides is 1. The Bertz CT molecular complexity index is 697. The molecule has 0 amide bonds. The van der Waals surface area contributed by atoms with Gasteiger partial charge in [0.25, 0.3) is 0 Å². The molecule has 2 aromatic rings. The number of ether oxygens (including phenoxy) is 1. The molecule has 1 nitrogen and oxygen atoms in total. The molecule has 1 unspecified atom stereocenters. The smallest absolute Gasteiger partial charge is 0.142 e. The zero-order valence-corrected chi connectivity index (χ0v) is 13.3. The van der Waals surface area contributed by atoms with E-state index < -0.39 is 11.2 Å². The fourth-order valence-electron chi connectivity index (χ4n) is 2.65. The van der Waals surface area contributed by atoms with Crippen molar-refractivity contribution in [3.63, 3.8) is 0 Å². The van der Waals surface area contributed by atoms with Crippen molar-refractivity contribution in [1.82, 2.24) is 0 Å². The minimum atomic E-state index is -0.453. The summed E-state index contributed by atoms with van der Waals surface area (Å²) in [6, 6.07) is 10.5. The topological polar surface area (TPSA) is 9.23 Å². The van der Waals surface area contributed by atoms with E-state index in [1.165, 1.54) is 12.1 Å². The van der Waals surface area contributed by atoms with Gasteiger partial charge in [0, 0.05) is 6.42 Å². The van der Waals surface area contributed by atoms with Crippen LogP contribution in [0.2, 0.25) is 5.02 Å². The minimum Gasteiger partial charge on any atom is -0.487 e. The van der Waals surface area contributed by atoms with Gasteiger partial charge < -0.3 is 4.74 Å². The maximum Gasteiger partial charge on any atom is 0.142 e. The maximum absolute atomic E-state index is 13.6. The molecule has 1 aliphatic rings. The Morgan fingerprint density at radius 3 is 2.52 bits per heavy atom. The molecule has 1 atom stereocenters. The molecule has 0 saturated carbocycles. The van der Waals surface area contributed by atoms with E-state index in [4.69, 9.17) is 27.9 Å². The van der Waals surface area contributed by atoms with Crippen LogP contribution in [0, 0.1) is 5.82 Å².